The molecule has 3 rings (SSSR count). The Morgan fingerprint density at radius 3 is 1.12 bits per heavy atom. The molecule has 0 aliphatic carbocycles. The zero-order valence-corrected chi connectivity index (χ0v) is 19.9. The molecule has 0 saturated carbocycles. The molecule has 0 unspecified atom stereocenters. The van der Waals surface area contributed by atoms with Gasteiger partial charge < -0.3 is 0 Å². The van der Waals surface area contributed by atoms with E-state index in [0.717, 1.165) is 24.3 Å². The molecular formula is C19H20B2F6N4Pt. The zero-order chi connectivity index (χ0) is 24.0. The van der Waals surface area contributed by atoms with Crippen molar-refractivity contribution in [2.24, 2.45) is 0 Å². The molecule has 174 valence electrons. The van der Waals surface area contributed by atoms with E-state index in [-0.39, 0.29) is 13.7 Å². The van der Waals surface area contributed by atoms with Crippen molar-refractivity contribution >= 4 is 29.3 Å². The second kappa shape index (κ2) is 8.87. The Kier molecular flexibility index (Phi) is 6.90. The van der Waals surface area contributed by atoms with E-state index in [1.54, 1.807) is 0 Å². The molecule has 0 spiro atoms. The second-order valence-electron chi connectivity index (χ2n) is 7.83. The van der Waals surface area contributed by atoms with Crippen LogP contribution in [-0.4, -0.2) is 55.7 Å². The summed E-state index contributed by atoms with van der Waals surface area (Å²) in [4.78, 5) is 7.60. The number of anilines is 2. The maximum atomic E-state index is 13.0. The van der Waals surface area contributed by atoms with E-state index in [4.69, 9.17) is 0 Å². The van der Waals surface area contributed by atoms with Gasteiger partial charge in [-0.15, -0.1) is 0 Å². The van der Waals surface area contributed by atoms with Gasteiger partial charge in [0.25, 0.3) is 0 Å². The Balaban J connectivity index is 2.06. The Hall–Kier alpha value is -1.77. The Bertz CT molecular complexity index is 886. The molecule has 0 aromatic heterocycles. The normalized spacial score (nSPS) is 15.6. The van der Waals surface area contributed by atoms with Crippen LogP contribution in [0.25, 0.3) is 0 Å². The van der Waals surface area contributed by atoms with Crippen molar-refractivity contribution in [3.8, 4) is 0 Å². The van der Waals surface area contributed by atoms with Gasteiger partial charge in [0.15, 0.2) is 0 Å². The van der Waals surface area contributed by atoms with Crippen LogP contribution < -0.4 is 9.62 Å². The van der Waals surface area contributed by atoms with Crippen molar-refractivity contribution in [3.63, 3.8) is 0 Å². The predicted molar refractivity (Wildman–Crippen MR) is 112 cm³/mol. The number of nitrogens with zero attached hydrogens (tertiary/aromatic N) is 4. The van der Waals surface area contributed by atoms with E-state index in [1.807, 2.05) is 47.4 Å². The summed E-state index contributed by atoms with van der Waals surface area (Å²) in [5.74, 6) is 0. The summed E-state index contributed by atoms with van der Waals surface area (Å²) in [7, 11) is 7.38. The van der Waals surface area contributed by atoms with E-state index in [2.05, 4.69) is 19.4 Å². The topological polar surface area (TPSA) is 13.0 Å². The standard InChI is InChI=1S/C19H20B2F6N4.Pt/c1-28(2)20-21(29(3)4)31(17-11-7-15(8-12-17)19(25,26)27)13-30(20)16-9-5-14(6-10-16)18(22,23)24;/h5-12H,1-4H3;. The fraction of sp³-hybridized carbons (Fsp3) is 0.316. The average molecular weight is 635 g/mol. The molecule has 0 bridgehead atoms. The van der Waals surface area contributed by atoms with Gasteiger partial charge in [-0.3, -0.25) is 0 Å². The van der Waals surface area contributed by atoms with Crippen LogP contribution in [0.4, 0.5) is 37.7 Å². The molecule has 0 radical (unpaired) electrons. The van der Waals surface area contributed by atoms with E-state index in [1.165, 1.54) is 24.3 Å². The summed E-state index contributed by atoms with van der Waals surface area (Å²) < 4.78 is 78.8. The third-order valence-corrected chi connectivity index (χ3v) is 6.26. The molecule has 2 aromatic carbocycles. The number of hydrogen-bond acceptors (Lipinski definition) is 4. The molecular weight excluding hydrogens is 615 g/mol. The van der Waals surface area contributed by atoms with Gasteiger partial charge in [0, 0.05) is 0 Å². The summed E-state index contributed by atoms with van der Waals surface area (Å²) in [6, 6.07) is 9.72. The first-order chi connectivity index (χ1) is 14.7. The van der Waals surface area contributed by atoms with Crippen molar-refractivity contribution < 1.29 is 45.7 Å². The van der Waals surface area contributed by atoms with Crippen LogP contribution in [0.15, 0.2) is 48.5 Å². The van der Waals surface area contributed by atoms with Gasteiger partial charge in [-0.25, -0.2) is 0 Å². The molecule has 1 aliphatic rings. The fourth-order valence-electron chi connectivity index (χ4n) is 3.70. The number of hydrogen-bond donors (Lipinski definition) is 0. The van der Waals surface area contributed by atoms with Crippen LogP contribution in [0.5, 0.6) is 0 Å². The molecule has 1 aliphatic heterocycles. The van der Waals surface area contributed by atoms with Crippen LogP contribution in [0.3, 0.4) is 0 Å². The summed E-state index contributed by atoms with van der Waals surface area (Å²) in [6.07, 6.45) is -8.89. The fourth-order valence-corrected chi connectivity index (χ4v) is 4.89. The van der Waals surface area contributed by atoms with E-state index in [9.17, 15) is 26.3 Å². The van der Waals surface area contributed by atoms with Gasteiger partial charge in [-0.05, 0) is 0 Å². The summed E-state index contributed by atoms with van der Waals surface area (Å²) in [5.41, 5.74) is -0.410. The summed E-state index contributed by atoms with van der Waals surface area (Å²) in [6.45, 7) is -0.645. The van der Waals surface area contributed by atoms with Crippen LogP contribution >= 0.6 is 0 Å². The van der Waals surface area contributed by atoms with Crippen molar-refractivity contribution in [2.75, 3.05) is 37.8 Å². The minimum absolute atomic E-state index is 0.323. The summed E-state index contributed by atoms with van der Waals surface area (Å²) in [5, 5.41) is 0. The maximum absolute atomic E-state index is 13.0. The minimum atomic E-state index is -4.44. The molecule has 0 atom stereocenters. The SMILES string of the molecule is CN(C)B1B(N(C)C)N(c2ccc(C(F)(F)F)cc2)[C](=[Pt])N1c1ccc(C(F)(F)F)cc1. The predicted octanol–water partition coefficient (Wildman–Crippen LogP) is 3.86. The van der Waals surface area contributed by atoms with Crippen LogP contribution in [0.2, 0.25) is 0 Å². The first kappa shape index (κ1) is 24.9. The van der Waals surface area contributed by atoms with Gasteiger partial charge in [0.05, 0.1) is 0 Å². The number of benzene rings is 2. The average Bonchev–Trinajstić information content (AvgIpc) is 3.00. The Morgan fingerprint density at radius 1 is 0.625 bits per heavy atom. The van der Waals surface area contributed by atoms with Gasteiger partial charge >= 0.3 is 194 Å². The van der Waals surface area contributed by atoms with Gasteiger partial charge in [-0.2, -0.15) is 0 Å². The first-order valence-corrected chi connectivity index (χ1v) is 10.6. The number of halogens is 6. The van der Waals surface area contributed by atoms with Crippen LogP contribution in [0, 0.1) is 0 Å². The number of alkyl halides is 6. The zero-order valence-electron chi connectivity index (χ0n) is 17.6. The van der Waals surface area contributed by atoms with Gasteiger partial charge in [0.1, 0.15) is 0 Å². The molecule has 1 heterocycles. The summed E-state index contributed by atoms with van der Waals surface area (Å²) >= 11 is 2.06. The molecule has 13 heteroatoms. The molecule has 0 N–H and O–H groups in total. The number of rotatable bonds is 4. The van der Waals surface area contributed by atoms with E-state index >= 15 is 0 Å². The molecule has 1 fully saturated rings. The molecule has 1 saturated heterocycles. The van der Waals surface area contributed by atoms with Gasteiger partial charge in [-0.1, -0.05) is 0 Å². The monoisotopic (exact) mass is 635 g/mol. The van der Waals surface area contributed by atoms with Crippen molar-refractivity contribution in [1.82, 2.24) is 9.62 Å². The molecule has 0 amide bonds. The van der Waals surface area contributed by atoms with Crippen LogP contribution in [0.1, 0.15) is 11.1 Å². The molecule has 2 aromatic rings. The van der Waals surface area contributed by atoms with E-state index < -0.39 is 23.5 Å². The Labute approximate surface area is 194 Å². The first-order valence-electron chi connectivity index (χ1n) is 9.48. The third-order valence-electron chi connectivity index (χ3n) is 5.17. The Morgan fingerprint density at radius 2 is 0.906 bits per heavy atom. The van der Waals surface area contributed by atoms with Crippen molar-refractivity contribution in [3.05, 3.63) is 59.7 Å². The van der Waals surface area contributed by atoms with Crippen molar-refractivity contribution in [1.29, 1.82) is 0 Å². The van der Waals surface area contributed by atoms with Crippen LogP contribution in [-0.2, 0) is 31.7 Å². The molecule has 4 nitrogen and oxygen atoms in total. The van der Waals surface area contributed by atoms with Crippen molar-refractivity contribution in [2.45, 2.75) is 12.4 Å². The molecule has 32 heavy (non-hydrogen) atoms. The van der Waals surface area contributed by atoms with Gasteiger partial charge in [0.2, 0.25) is 0 Å². The van der Waals surface area contributed by atoms with E-state index in [0.29, 0.717) is 15.5 Å². The third kappa shape index (κ3) is 4.77. The quantitative estimate of drug-likeness (QED) is 0.374. The second-order valence-corrected chi connectivity index (χ2v) is 8.84.